The first-order valence-corrected chi connectivity index (χ1v) is 6.14. The van der Waals surface area contributed by atoms with Crippen molar-refractivity contribution >= 4 is 8.80 Å². The Morgan fingerprint density at radius 1 is 1.38 bits per heavy atom. The number of hydrogen-bond acceptors (Lipinski definition) is 0. The molecule has 0 amide bonds. The van der Waals surface area contributed by atoms with Gasteiger partial charge in [-0.25, -0.2) is 0 Å². The van der Waals surface area contributed by atoms with Gasteiger partial charge in [-0.05, 0) is 6.42 Å². The maximum Gasteiger partial charge on any atom is 0.116 e. The average molecular weight is 126 g/mol. The summed E-state index contributed by atoms with van der Waals surface area (Å²) in [7, 11) is -0.563. The SMILES string of the molecule is CCCC#C[SiH](C)C. The molecule has 0 aliphatic heterocycles. The van der Waals surface area contributed by atoms with Crippen LogP contribution in [0.4, 0.5) is 0 Å². The van der Waals surface area contributed by atoms with E-state index in [1.807, 2.05) is 0 Å². The zero-order chi connectivity index (χ0) is 6.41. The summed E-state index contributed by atoms with van der Waals surface area (Å²) in [5.41, 5.74) is 3.24. The molecule has 46 valence electrons. The summed E-state index contributed by atoms with van der Waals surface area (Å²) < 4.78 is 0. The van der Waals surface area contributed by atoms with Crippen LogP contribution in [0.15, 0.2) is 0 Å². The lowest BCUT2D eigenvalue weighted by atomic mass is 10.4. The first-order chi connectivity index (χ1) is 3.77. The van der Waals surface area contributed by atoms with Gasteiger partial charge in [-0.3, -0.25) is 0 Å². The first-order valence-electron chi connectivity index (χ1n) is 3.25. The molecule has 0 rings (SSSR count). The van der Waals surface area contributed by atoms with Gasteiger partial charge < -0.3 is 0 Å². The van der Waals surface area contributed by atoms with Gasteiger partial charge in [0.2, 0.25) is 0 Å². The van der Waals surface area contributed by atoms with Crippen molar-refractivity contribution < 1.29 is 0 Å². The van der Waals surface area contributed by atoms with Crippen molar-refractivity contribution in [2.75, 3.05) is 0 Å². The van der Waals surface area contributed by atoms with E-state index in [4.69, 9.17) is 0 Å². The van der Waals surface area contributed by atoms with Crippen molar-refractivity contribution in [2.24, 2.45) is 0 Å². The maximum absolute atomic E-state index is 3.24. The van der Waals surface area contributed by atoms with E-state index >= 15 is 0 Å². The Morgan fingerprint density at radius 2 is 2.00 bits per heavy atom. The predicted octanol–water partition coefficient (Wildman–Crippen LogP) is 1.82. The highest BCUT2D eigenvalue weighted by Crippen LogP contribution is 1.82. The van der Waals surface area contributed by atoms with Crippen LogP contribution in [-0.2, 0) is 0 Å². The summed E-state index contributed by atoms with van der Waals surface area (Å²) in [6.07, 6.45) is 2.29. The van der Waals surface area contributed by atoms with Crippen LogP contribution in [0.1, 0.15) is 19.8 Å². The summed E-state index contributed by atoms with van der Waals surface area (Å²) in [6.45, 7) is 6.67. The molecule has 8 heavy (non-hydrogen) atoms. The molecule has 0 fully saturated rings. The minimum atomic E-state index is -0.563. The zero-order valence-corrected chi connectivity index (χ0v) is 7.15. The zero-order valence-electron chi connectivity index (χ0n) is 5.99. The molecule has 0 unspecified atom stereocenters. The topological polar surface area (TPSA) is 0 Å². The fourth-order valence-corrected chi connectivity index (χ4v) is 0.954. The Kier molecular flexibility index (Phi) is 4.79. The molecule has 0 heterocycles. The molecule has 1 heteroatoms. The average Bonchev–Trinajstić information content (AvgIpc) is 1.66. The molecule has 0 nitrogen and oxygen atoms in total. The third-order valence-electron chi connectivity index (χ3n) is 0.766. The van der Waals surface area contributed by atoms with Crippen molar-refractivity contribution in [1.29, 1.82) is 0 Å². The van der Waals surface area contributed by atoms with Crippen LogP contribution in [0.3, 0.4) is 0 Å². The number of rotatable bonds is 1. The van der Waals surface area contributed by atoms with E-state index in [2.05, 4.69) is 31.5 Å². The maximum atomic E-state index is 3.24. The molecular weight excluding hydrogens is 112 g/mol. The highest BCUT2D eigenvalue weighted by molar-refractivity contribution is 6.64. The summed E-state index contributed by atoms with van der Waals surface area (Å²) in [5.74, 6) is 3.15. The van der Waals surface area contributed by atoms with Gasteiger partial charge >= 0.3 is 0 Å². The Hall–Kier alpha value is -0.223. The third kappa shape index (κ3) is 5.78. The van der Waals surface area contributed by atoms with Crippen molar-refractivity contribution in [3.05, 3.63) is 0 Å². The van der Waals surface area contributed by atoms with E-state index in [9.17, 15) is 0 Å². The van der Waals surface area contributed by atoms with Gasteiger partial charge in [-0.15, -0.1) is 11.5 Å². The third-order valence-corrected chi connectivity index (χ3v) is 1.55. The van der Waals surface area contributed by atoms with E-state index in [1.165, 1.54) is 6.42 Å². The highest BCUT2D eigenvalue weighted by atomic mass is 28.3. The van der Waals surface area contributed by atoms with Gasteiger partial charge in [0.05, 0.1) is 0 Å². The fourth-order valence-electron chi connectivity index (χ4n) is 0.401. The van der Waals surface area contributed by atoms with E-state index < -0.39 is 8.80 Å². The lowest BCUT2D eigenvalue weighted by Crippen LogP contribution is -1.92. The van der Waals surface area contributed by atoms with E-state index in [0.717, 1.165) is 6.42 Å². The molecule has 0 atom stereocenters. The van der Waals surface area contributed by atoms with Crippen LogP contribution in [-0.4, -0.2) is 8.80 Å². The van der Waals surface area contributed by atoms with Gasteiger partial charge in [-0.2, -0.15) is 0 Å². The molecule has 0 bridgehead atoms. The summed E-state index contributed by atoms with van der Waals surface area (Å²) >= 11 is 0. The predicted molar refractivity (Wildman–Crippen MR) is 41.6 cm³/mol. The Bertz CT molecular complexity index is 94.7. The quantitative estimate of drug-likeness (QED) is 0.371. The van der Waals surface area contributed by atoms with Crippen molar-refractivity contribution in [1.82, 2.24) is 0 Å². The molecule has 0 radical (unpaired) electrons. The molecule has 0 saturated carbocycles. The van der Waals surface area contributed by atoms with Crippen LogP contribution in [0.25, 0.3) is 0 Å². The molecule has 0 aromatic carbocycles. The molecule has 0 aliphatic rings. The van der Waals surface area contributed by atoms with Crippen molar-refractivity contribution in [2.45, 2.75) is 32.9 Å². The summed E-state index contributed by atoms with van der Waals surface area (Å²) in [4.78, 5) is 0. The van der Waals surface area contributed by atoms with E-state index in [1.54, 1.807) is 0 Å². The second kappa shape index (κ2) is 4.92. The van der Waals surface area contributed by atoms with Gasteiger partial charge in [-0.1, -0.05) is 20.0 Å². The van der Waals surface area contributed by atoms with Gasteiger partial charge in [0.1, 0.15) is 8.80 Å². The van der Waals surface area contributed by atoms with Crippen LogP contribution in [0.5, 0.6) is 0 Å². The van der Waals surface area contributed by atoms with Crippen molar-refractivity contribution in [3.63, 3.8) is 0 Å². The minimum absolute atomic E-state index is 0.563. The highest BCUT2D eigenvalue weighted by Gasteiger charge is 1.81. The fraction of sp³-hybridized carbons (Fsp3) is 0.714. The molecule has 0 saturated heterocycles. The Labute approximate surface area is 53.9 Å². The normalized spacial score (nSPS) is 8.50. The van der Waals surface area contributed by atoms with Gasteiger partial charge in [0, 0.05) is 6.42 Å². The molecule has 0 aromatic heterocycles. The van der Waals surface area contributed by atoms with Crippen LogP contribution < -0.4 is 0 Å². The minimum Gasteiger partial charge on any atom is -0.136 e. The largest absolute Gasteiger partial charge is 0.136 e. The van der Waals surface area contributed by atoms with Crippen molar-refractivity contribution in [3.8, 4) is 11.5 Å². The Balaban J connectivity index is 3.20. The van der Waals surface area contributed by atoms with Gasteiger partial charge in [0.15, 0.2) is 0 Å². The number of unbranched alkanes of at least 4 members (excludes halogenated alkanes) is 1. The van der Waals surface area contributed by atoms with E-state index in [0.29, 0.717) is 0 Å². The van der Waals surface area contributed by atoms with E-state index in [-0.39, 0.29) is 0 Å². The van der Waals surface area contributed by atoms with Crippen LogP contribution in [0, 0.1) is 11.5 Å². The Morgan fingerprint density at radius 3 is 2.38 bits per heavy atom. The van der Waals surface area contributed by atoms with Gasteiger partial charge in [0.25, 0.3) is 0 Å². The molecule has 0 aliphatic carbocycles. The molecule has 0 spiro atoms. The summed E-state index contributed by atoms with van der Waals surface area (Å²) in [5, 5.41) is 0. The molecule has 0 aromatic rings. The first kappa shape index (κ1) is 7.78. The lowest BCUT2D eigenvalue weighted by Gasteiger charge is -1.83. The standard InChI is InChI=1S/C7H14Si/c1-4-5-6-7-8(2)3/h8H,4-5H2,1-3H3. The second-order valence-electron chi connectivity index (χ2n) is 2.23. The monoisotopic (exact) mass is 126 g/mol. The summed E-state index contributed by atoms with van der Waals surface area (Å²) in [6, 6.07) is 0. The second-order valence-corrected chi connectivity index (χ2v) is 4.82. The number of hydrogen-bond donors (Lipinski definition) is 0. The molecular formula is C7H14Si. The van der Waals surface area contributed by atoms with Crippen LogP contribution in [0.2, 0.25) is 13.1 Å². The molecule has 0 N–H and O–H groups in total. The smallest absolute Gasteiger partial charge is 0.116 e. The lowest BCUT2D eigenvalue weighted by molar-refractivity contribution is 0.984. The van der Waals surface area contributed by atoms with Crippen LogP contribution >= 0.6 is 0 Å².